The Labute approximate surface area is 154 Å². The summed E-state index contributed by atoms with van der Waals surface area (Å²) in [6.07, 6.45) is 7.02. The summed E-state index contributed by atoms with van der Waals surface area (Å²) in [5, 5.41) is 1.36. The molecule has 0 bridgehead atoms. The van der Waals surface area contributed by atoms with Crippen molar-refractivity contribution in [1.29, 1.82) is 0 Å². The molecule has 0 N–H and O–H groups in total. The summed E-state index contributed by atoms with van der Waals surface area (Å²) < 4.78 is 12.6. The predicted octanol–water partition coefficient (Wildman–Crippen LogP) is 3.35. The zero-order chi connectivity index (χ0) is 17.9. The number of benzene rings is 1. The molecule has 1 aromatic carbocycles. The molecule has 0 aliphatic carbocycles. The lowest BCUT2D eigenvalue weighted by Crippen LogP contribution is -1.98. The van der Waals surface area contributed by atoms with Crippen LogP contribution >= 0.6 is 11.8 Å². The van der Waals surface area contributed by atoms with Gasteiger partial charge in [0, 0.05) is 36.4 Å². The molecule has 0 atom stereocenters. The van der Waals surface area contributed by atoms with Crippen LogP contribution in [0.4, 0.5) is 0 Å². The van der Waals surface area contributed by atoms with Gasteiger partial charge in [-0.05, 0) is 36.0 Å². The Hall–Kier alpha value is -3.13. The van der Waals surface area contributed by atoms with Crippen molar-refractivity contribution in [3.63, 3.8) is 0 Å². The third-order valence-electron chi connectivity index (χ3n) is 3.76. The van der Waals surface area contributed by atoms with Crippen LogP contribution in [0.3, 0.4) is 0 Å². The topological polar surface area (TPSA) is 74.4 Å². The van der Waals surface area contributed by atoms with Gasteiger partial charge in [0.05, 0.1) is 19.9 Å². The molecule has 0 spiro atoms. The quantitative estimate of drug-likeness (QED) is 0.502. The summed E-state index contributed by atoms with van der Waals surface area (Å²) in [7, 11) is 3.22. The Balaban J connectivity index is 1.81. The van der Waals surface area contributed by atoms with Crippen molar-refractivity contribution in [2.45, 2.75) is 10.3 Å². The van der Waals surface area contributed by atoms with Crippen LogP contribution in [0.15, 0.2) is 65.4 Å². The highest BCUT2D eigenvalue weighted by atomic mass is 32.2. The highest BCUT2D eigenvalue weighted by Crippen LogP contribution is 2.33. The fourth-order valence-electron chi connectivity index (χ4n) is 2.53. The molecule has 3 heterocycles. The van der Waals surface area contributed by atoms with Gasteiger partial charge in [0.2, 0.25) is 0 Å². The predicted molar refractivity (Wildman–Crippen MR) is 97.7 cm³/mol. The van der Waals surface area contributed by atoms with Crippen LogP contribution in [-0.2, 0) is 0 Å². The van der Waals surface area contributed by atoms with E-state index in [2.05, 4.69) is 15.0 Å². The molecule has 0 unspecified atom stereocenters. The molecule has 8 heteroatoms. The molecule has 130 valence electrons. The molecular weight excluding hydrogens is 350 g/mol. The molecule has 0 aliphatic heterocycles. The van der Waals surface area contributed by atoms with Crippen LogP contribution in [0.1, 0.15) is 0 Å². The second kappa shape index (κ2) is 7.01. The fourth-order valence-corrected chi connectivity index (χ4v) is 3.32. The zero-order valence-corrected chi connectivity index (χ0v) is 15.0. The first kappa shape index (κ1) is 16.3. The minimum Gasteiger partial charge on any atom is -0.493 e. The van der Waals surface area contributed by atoms with Gasteiger partial charge in [-0.1, -0.05) is 0 Å². The average Bonchev–Trinajstić information content (AvgIpc) is 3.17. The summed E-state index contributed by atoms with van der Waals surface area (Å²) >= 11 is 1.38. The zero-order valence-electron chi connectivity index (χ0n) is 14.2. The van der Waals surface area contributed by atoms with E-state index in [0.717, 1.165) is 22.1 Å². The van der Waals surface area contributed by atoms with Gasteiger partial charge in [-0.3, -0.25) is 4.40 Å². The van der Waals surface area contributed by atoms with Crippen molar-refractivity contribution >= 4 is 17.4 Å². The maximum absolute atomic E-state index is 5.40. The number of methoxy groups -OCH3 is 2. The minimum atomic E-state index is 0.625. The first-order valence-electron chi connectivity index (χ1n) is 7.80. The van der Waals surface area contributed by atoms with Gasteiger partial charge >= 0.3 is 0 Å². The standard InChI is InChI=1S/C18H15N5O2S/c1-24-14-5-4-12(10-15(14)25-2)13-11-16-19-8-9-23(16)18(22-13)26-17-20-6-3-7-21-17/h3-11H,1-2H3. The summed E-state index contributed by atoms with van der Waals surface area (Å²) in [6, 6.07) is 9.41. The van der Waals surface area contributed by atoms with Crippen LogP contribution < -0.4 is 9.47 Å². The lowest BCUT2D eigenvalue weighted by Gasteiger charge is -2.11. The molecule has 0 radical (unpaired) electrons. The van der Waals surface area contributed by atoms with Gasteiger partial charge in [-0.25, -0.2) is 19.9 Å². The molecule has 26 heavy (non-hydrogen) atoms. The third kappa shape index (κ3) is 3.06. The van der Waals surface area contributed by atoms with Gasteiger partial charge < -0.3 is 9.47 Å². The summed E-state index contributed by atoms with van der Waals surface area (Å²) in [4.78, 5) is 17.7. The molecule has 0 aliphatic rings. The van der Waals surface area contributed by atoms with E-state index >= 15 is 0 Å². The molecular formula is C18H15N5O2S. The Morgan fingerprint density at radius 2 is 1.73 bits per heavy atom. The molecule has 4 rings (SSSR count). The van der Waals surface area contributed by atoms with Gasteiger partial charge in [0.1, 0.15) is 5.65 Å². The normalized spacial score (nSPS) is 10.8. The van der Waals surface area contributed by atoms with E-state index in [-0.39, 0.29) is 0 Å². The highest BCUT2D eigenvalue weighted by molar-refractivity contribution is 7.99. The highest BCUT2D eigenvalue weighted by Gasteiger charge is 2.13. The number of aromatic nitrogens is 5. The number of imidazole rings is 1. The largest absolute Gasteiger partial charge is 0.493 e. The van der Waals surface area contributed by atoms with Gasteiger partial charge in [0.25, 0.3) is 0 Å². The van der Waals surface area contributed by atoms with Crippen molar-refractivity contribution in [2.24, 2.45) is 0 Å². The SMILES string of the molecule is COc1ccc(-c2cc3nccn3c(Sc3ncccn3)n2)cc1OC. The average molecular weight is 365 g/mol. The van der Waals surface area contributed by atoms with Crippen molar-refractivity contribution in [1.82, 2.24) is 24.3 Å². The number of fused-ring (bicyclic) bond motifs is 1. The molecule has 0 amide bonds. The van der Waals surface area contributed by atoms with Crippen LogP contribution in [0.2, 0.25) is 0 Å². The Morgan fingerprint density at radius 1 is 0.923 bits per heavy atom. The minimum absolute atomic E-state index is 0.625. The number of hydrogen-bond donors (Lipinski definition) is 0. The van der Waals surface area contributed by atoms with Crippen LogP contribution in [0, 0.1) is 0 Å². The second-order valence-corrected chi connectivity index (χ2v) is 6.22. The summed E-state index contributed by atoms with van der Waals surface area (Å²) in [5.74, 6) is 1.32. The third-order valence-corrected chi connectivity index (χ3v) is 4.63. The van der Waals surface area contributed by atoms with E-state index < -0.39 is 0 Å². The van der Waals surface area contributed by atoms with E-state index in [1.54, 1.807) is 38.9 Å². The maximum Gasteiger partial charge on any atom is 0.195 e. The number of hydrogen-bond acceptors (Lipinski definition) is 7. The molecule has 0 fully saturated rings. The van der Waals surface area contributed by atoms with Crippen molar-refractivity contribution in [3.8, 4) is 22.8 Å². The van der Waals surface area contributed by atoms with Gasteiger partial charge in [0.15, 0.2) is 21.8 Å². The van der Waals surface area contributed by atoms with E-state index in [1.165, 1.54) is 11.8 Å². The smallest absolute Gasteiger partial charge is 0.195 e. The first-order chi connectivity index (χ1) is 12.8. The Kier molecular flexibility index (Phi) is 4.40. The summed E-state index contributed by atoms with van der Waals surface area (Å²) in [6.45, 7) is 0. The first-order valence-corrected chi connectivity index (χ1v) is 8.61. The van der Waals surface area contributed by atoms with Crippen LogP contribution in [0.25, 0.3) is 16.9 Å². The molecule has 0 saturated carbocycles. The second-order valence-electron chi connectivity index (χ2n) is 5.28. The van der Waals surface area contributed by atoms with Crippen LogP contribution in [-0.4, -0.2) is 38.6 Å². The fraction of sp³-hybridized carbons (Fsp3) is 0.111. The van der Waals surface area contributed by atoms with Crippen molar-refractivity contribution < 1.29 is 9.47 Å². The number of rotatable bonds is 5. The molecule has 0 saturated heterocycles. The lowest BCUT2D eigenvalue weighted by atomic mass is 10.1. The molecule has 3 aromatic heterocycles. The van der Waals surface area contributed by atoms with E-state index in [4.69, 9.17) is 14.5 Å². The van der Waals surface area contributed by atoms with Crippen molar-refractivity contribution in [3.05, 3.63) is 55.1 Å². The monoisotopic (exact) mass is 365 g/mol. The van der Waals surface area contributed by atoms with Crippen LogP contribution in [0.5, 0.6) is 11.5 Å². The van der Waals surface area contributed by atoms with Gasteiger partial charge in [-0.2, -0.15) is 0 Å². The summed E-state index contributed by atoms with van der Waals surface area (Å²) in [5.41, 5.74) is 2.48. The number of nitrogens with zero attached hydrogens (tertiary/aromatic N) is 5. The van der Waals surface area contributed by atoms with Crippen molar-refractivity contribution in [2.75, 3.05) is 14.2 Å². The number of ether oxygens (including phenoxy) is 2. The Bertz CT molecular complexity index is 1050. The van der Waals surface area contributed by atoms with Gasteiger partial charge in [-0.15, -0.1) is 0 Å². The van der Waals surface area contributed by atoms with E-state index in [0.29, 0.717) is 16.7 Å². The molecule has 7 nitrogen and oxygen atoms in total. The molecule has 4 aromatic rings. The van der Waals surface area contributed by atoms with E-state index in [1.807, 2.05) is 34.9 Å². The lowest BCUT2D eigenvalue weighted by molar-refractivity contribution is 0.355. The van der Waals surface area contributed by atoms with E-state index in [9.17, 15) is 0 Å². The maximum atomic E-state index is 5.40. The Morgan fingerprint density at radius 3 is 2.50 bits per heavy atom.